The minimum atomic E-state index is -1.03. The Morgan fingerprint density at radius 2 is 2.31 bits per heavy atom. The van der Waals surface area contributed by atoms with Crippen LogP contribution in [0, 0.1) is 0 Å². The molecule has 0 aliphatic carbocycles. The SMILES string of the molecule is COc1cccc(-c2ncc(C(=O)O)[nH]2)c1. The fourth-order valence-electron chi connectivity index (χ4n) is 1.35. The minimum Gasteiger partial charge on any atom is -0.497 e. The molecule has 0 aliphatic heterocycles. The molecule has 0 fully saturated rings. The van der Waals surface area contributed by atoms with E-state index in [-0.39, 0.29) is 5.69 Å². The van der Waals surface area contributed by atoms with Crippen molar-refractivity contribution >= 4 is 5.97 Å². The number of hydrogen-bond acceptors (Lipinski definition) is 3. The molecule has 0 radical (unpaired) electrons. The Morgan fingerprint density at radius 1 is 1.50 bits per heavy atom. The Labute approximate surface area is 91.7 Å². The minimum absolute atomic E-state index is 0.0674. The van der Waals surface area contributed by atoms with Crippen LogP contribution in [0.1, 0.15) is 10.5 Å². The van der Waals surface area contributed by atoms with Crippen LogP contribution in [0.25, 0.3) is 11.4 Å². The summed E-state index contributed by atoms with van der Waals surface area (Å²) in [6, 6.07) is 7.24. The summed E-state index contributed by atoms with van der Waals surface area (Å²) >= 11 is 0. The lowest BCUT2D eigenvalue weighted by molar-refractivity contribution is 0.0691. The van der Waals surface area contributed by atoms with Crippen molar-refractivity contribution in [2.75, 3.05) is 7.11 Å². The topological polar surface area (TPSA) is 75.2 Å². The number of nitrogens with one attached hydrogen (secondary N) is 1. The lowest BCUT2D eigenvalue weighted by atomic mass is 10.2. The van der Waals surface area contributed by atoms with Gasteiger partial charge in [0, 0.05) is 5.56 Å². The molecule has 0 unspecified atom stereocenters. The molecule has 1 aromatic heterocycles. The lowest BCUT2D eigenvalue weighted by Crippen LogP contribution is -1.95. The van der Waals surface area contributed by atoms with Gasteiger partial charge in [-0.25, -0.2) is 9.78 Å². The highest BCUT2D eigenvalue weighted by Crippen LogP contribution is 2.20. The van der Waals surface area contributed by atoms with Gasteiger partial charge in [0.2, 0.25) is 0 Å². The van der Waals surface area contributed by atoms with Gasteiger partial charge in [0.25, 0.3) is 0 Å². The van der Waals surface area contributed by atoms with Crippen molar-refractivity contribution in [3.63, 3.8) is 0 Å². The standard InChI is InChI=1S/C11H10N2O3/c1-16-8-4-2-3-7(5-8)10-12-6-9(13-10)11(14)15/h2-6H,1H3,(H,12,13)(H,14,15). The maximum atomic E-state index is 10.7. The molecule has 2 N–H and O–H groups in total. The van der Waals surface area contributed by atoms with E-state index in [0.717, 1.165) is 5.56 Å². The largest absolute Gasteiger partial charge is 0.497 e. The second-order valence-corrected chi connectivity index (χ2v) is 3.18. The molecule has 0 saturated heterocycles. The molecule has 1 aromatic carbocycles. The van der Waals surface area contributed by atoms with Crippen molar-refractivity contribution in [1.29, 1.82) is 0 Å². The molecular formula is C11H10N2O3. The number of ether oxygens (including phenoxy) is 1. The Bertz CT molecular complexity index is 519. The van der Waals surface area contributed by atoms with E-state index in [9.17, 15) is 4.79 Å². The lowest BCUT2D eigenvalue weighted by Gasteiger charge is -2.01. The Kier molecular flexibility index (Phi) is 2.59. The number of benzene rings is 1. The van der Waals surface area contributed by atoms with Gasteiger partial charge in [-0.3, -0.25) is 0 Å². The number of carboxylic acid groups (broad SMARTS) is 1. The van der Waals surface area contributed by atoms with Gasteiger partial charge in [0.05, 0.1) is 13.3 Å². The van der Waals surface area contributed by atoms with Crippen LogP contribution < -0.4 is 4.74 Å². The summed E-state index contributed by atoms with van der Waals surface area (Å²) in [6.45, 7) is 0. The number of aromatic nitrogens is 2. The van der Waals surface area contributed by atoms with Gasteiger partial charge in [-0.15, -0.1) is 0 Å². The van der Waals surface area contributed by atoms with Crippen LogP contribution in [0.2, 0.25) is 0 Å². The van der Waals surface area contributed by atoms with E-state index < -0.39 is 5.97 Å². The summed E-state index contributed by atoms with van der Waals surface area (Å²) in [4.78, 5) is 17.4. The molecule has 0 aliphatic rings. The molecule has 0 amide bonds. The maximum absolute atomic E-state index is 10.7. The zero-order valence-corrected chi connectivity index (χ0v) is 8.60. The fourth-order valence-corrected chi connectivity index (χ4v) is 1.35. The van der Waals surface area contributed by atoms with Crippen molar-refractivity contribution in [2.45, 2.75) is 0 Å². The first-order chi connectivity index (χ1) is 7.70. The highest BCUT2D eigenvalue weighted by molar-refractivity contribution is 5.85. The van der Waals surface area contributed by atoms with Crippen LogP contribution in [-0.2, 0) is 0 Å². The van der Waals surface area contributed by atoms with Gasteiger partial charge < -0.3 is 14.8 Å². The van der Waals surface area contributed by atoms with Crippen molar-refractivity contribution in [3.8, 4) is 17.1 Å². The predicted molar refractivity (Wildman–Crippen MR) is 57.5 cm³/mol. The molecule has 2 aromatic rings. The number of aromatic amines is 1. The van der Waals surface area contributed by atoms with Crippen molar-refractivity contribution < 1.29 is 14.6 Å². The van der Waals surface area contributed by atoms with Crippen molar-refractivity contribution in [2.24, 2.45) is 0 Å². The van der Waals surface area contributed by atoms with Gasteiger partial charge in [-0.1, -0.05) is 12.1 Å². The molecule has 0 spiro atoms. The molecule has 2 rings (SSSR count). The van der Waals surface area contributed by atoms with Crippen LogP contribution >= 0.6 is 0 Å². The first-order valence-corrected chi connectivity index (χ1v) is 4.63. The van der Waals surface area contributed by atoms with Crippen LogP contribution in [0.4, 0.5) is 0 Å². The molecule has 5 nitrogen and oxygen atoms in total. The average Bonchev–Trinajstić information content (AvgIpc) is 2.78. The van der Waals surface area contributed by atoms with Crippen molar-refractivity contribution in [3.05, 3.63) is 36.2 Å². The van der Waals surface area contributed by atoms with E-state index >= 15 is 0 Å². The monoisotopic (exact) mass is 218 g/mol. The highest BCUT2D eigenvalue weighted by atomic mass is 16.5. The van der Waals surface area contributed by atoms with Gasteiger partial charge in [0.15, 0.2) is 0 Å². The van der Waals surface area contributed by atoms with Crippen LogP contribution in [-0.4, -0.2) is 28.2 Å². The van der Waals surface area contributed by atoms with Crippen LogP contribution in [0.3, 0.4) is 0 Å². The zero-order chi connectivity index (χ0) is 11.5. The fraction of sp³-hybridized carbons (Fsp3) is 0.0909. The summed E-state index contributed by atoms with van der Waals surface area (Å²) in [7, 11) is 1.57. The second kappa shape index (κ2) is 4.06. The average molecular weight is 218 g/mol. The number of H-pyrrole nitrogens is 1. The molecule has 0 atom stereocenters. The van der Waals surface area contributed by atoms with E-state index in [1.54, 1.807) is 13.2 Å². The summed E-state index contributed by atoms with van der Waals surface area (Å²) in [5.74, 6) is 0.184. The summed E-state index contributed by atoms with van der Waals surface area (Å²) in [6.07, 6.45) is 1.29. The first kappa shape index (κ1) is 10.2. The van der Waals surface area contributed by atoms with E-state index in [1.165, 1.54) is 6.20 Å². The molecule has 5 heteroatoms. The van der Waals surface area contributed by atoms with Gasteiger partial charge in [-0.2, -0.15) is 0 Å². The third kappa shape index (κ3) is 1.88. The number of imidazole rings is 1. The van der Waals surface area contributed by atoms with Crippen LogP contribution in [0.15, 0.2) is 30.5 Å². The molecule has 0 bridgehead atoms. The summed E-state index contributed by atoms with van der Waals surface area (Å²) in [5, 5.41) is 8.75. The second-order valence-electron chi connectivity index (χ2n) is 3.18. The summed E-state index contributed by atoms with van der Waals surface area (Å²) in [5.41, 5.74) is 0.852. The Hall–Kier alpha value is -2.30. The third-order valence-corrected chi connectivity index (χ3v) is 2.15. The molecule has 1 heterocycles. The van der Waals surface area contributed by atoms with Gasteiger partial charge in [-0.05, 0) is 12.1 Å². The van der Waals surface area contributed by atoms with Gasteiger partial charge >= 0.3 is 5.97 Å². The van der Waals surface area contributed by atoms with E-state index in [1.807, 2.05) is 18.2 Å². The quantitative estimate of drug-likeness (QED) is 0.823. The summed E-state index contributed by atoms with van der Waals surface area (Å²) < 4.78 is 5.07. The number of carbonyl (C=O) groups is 1. The smallest absolute Gasteiger partial charge is 0.353 e. The van der Waals surface area contributed by atoms with E-state index in [0.29, 0.717) is 11.6 Å². The maximum Gasteiger partial charge on any atom is 0.353 e. The van der Waals surface area contributed by atoms with E-state index in [2.05, 4.69) is 9.97 Å². The highest BCUT2D eigenvalue weighted by Gasteiger charge is 2.08. The molecule has 82 valence electrons. The Balaban J connectivity index is 2.38. The number of carboxylic acids is 1. The number of aromatic carboxylic acids is 1. The normalized spacial score (nSPS) is 10.1. The first-order valence-electron chi connectivity index (χ1n) is 4.63. The number of methoxy groups -OCH3 is 1. The number of nitrogens with zero attached hydrogens (tertiary/aromatic N) is 1. The third-order valence-electron chi connectivity index (χ3n) is 2.15. The predicted octanol–water partition coefficient (Wildman–Crippen LogP) is 1.78. The zero-order valence-electron chi connectivity index (χ0n) is 8.60. The molecule has 16 heavy (non-hydrogen) atoms. The molecule has 0 saturated carbocycles. The number of rotatable bonds is 3. The van der Waals surface area contributed by atoms with Crippen molar-refractivity contribution in [1.82, 2.24) is 9.97 Å². The Morgan fingerprint density at radius 3 is 2.94 bits per heavy atom. The van der Waals surface area contributed by atoms with E-state index in [4.69, 9.17) is 9.84 Å². The molecular weight excluding hydrogens is 208 g/mol. The van der Waals surface area contributed by atoms with Crippen LogP contribution in [0.5, 0.6) is 5.75 Å². The number of hydrogen-bond donors (Lipinski definition) is 2. The van der Waals surface area contributed by atoms with Gasteiger partial charge in [0.1, 0.15) is 17.3 Å².